The van der Waals surface area contributed by atoms with Crippen LogP contribution in [0.15, 0.2) is 18.2 Å². The molecule has 0 aliphatic carbocycles. The van der Waals surface area contributed by atoms with Gasteiger partial charge in [-0.1, -0.05) is 6.07 Å². The Morgan fingerprint density at radius 2 is 2.24 bits per heavy atom. The molecule has 1 aromatic carbocycles. The summed E-state index contributed by atoms with van der Waals surface area (Å²) >= 11 is 6.15. The molecule has 5 heteroatoms. The number of hydrogen-bond donors (Lipinski definition) is 0. The predicted octanol–water partition coefficient (Wildman–Crippen LogP) is 3.44. The first-order valence-electron chi connectivity index (χ1n) is 7.45. The summed E-state index contributed by atoms with van der Waals surface area (Å²) in [5.74, 6) is 2.19. The van der Waals surface area contributed by atoms with E-state index >= 15 is 0 Å². The number of benzene rings is 1. The fourth-order valence-corrected chi connectivity index (χ4v) is 3.49. The van der Waals surface area contributed by atoms with E-state index in [9.17, 15) is 0 Å². The zero-order valence-electron chi connectivity index (χ0n) is 12.8. The monoisotopic (exact) mass is 307 g/mol. The molecule has 0 bridgehead atoms. The highest BCUT2D eigenvalue weighted by Crippen LogP contribution is 2.34. The van der Waals surface area contributed by atoms with Crippen molar-refractivity contribution in [3.05, 3.63) is 24.0 Å². The molecule has 1 fully saturated rings. The molecule has 2 aromatic rings. The van der Waals surface area contributed by atoms with Crippen molar-refractivity contribution < 1.29 is 4.74 Å². The number of ether oxygens (including phenoxy) is 1. The number of halogens is 1. The normalized spacial score (nSPS) is 23.6. The van der Waals surface area contributed by atoms with Crippen LogP contribution in [-0.4, -0.2) is 41.2 Å². The number of methoxy groups -OCH3 is 1. The summed E-state index contributed by atoms with van der Waals surface area (Å²) < 4.78 is 7.77. The van der Waals surface area contributed by atoms with Crippen molar-refractivity contribution in [3.8, 4) is 5.75 Å². The zero-order chi connectivity index (χ0) is 15.0. The van der Waals surface area contributed by atoms with Crippen LogP contribution >= 0.6 is 11.6 Å². The van der Waals surface area contributed by atoms with Crippen LogP contribution in [0.2, 0.25) is 0 Å². The van der Waals surface area contributed by atoms with Gasteiger partial charge in [0.1, 0.15) is 17.1 Å². The van der Waals surface area contributed by atoms with Gasteiger partial charge in [0.05, 0.1) is 18.5 Å². The van der Waals surface area contributed by atoms with Crippen molar-refractivity contribution in [1.82, 2.24) is 14.5 Å². The molecule has 114 valence electrons. The zero-order valence-corrected chi connectivity index (χ0v) is 13.6. The lowest BCUT2D eigenvalue weighted by atomic mass is 9.98. The van der Waals surface area contributed by atoms with E-state index in [0.29, 0.717) is 18.0 Å². The van der Waals surface area contributed by atoms with Crippen molar-refractivity contribution in [2.75, 3.05) is 20.7 Å². The number of hydrogen-bond acceptors (Lipinski definition) is 3. The van der Waals surface area contributed by atoms with Crippen molar-refractivity contribution in [3.63, 3.8) is 0 Å². The van der Waals surface area contributed by atoms with E-state index in [1.165, 1.54) is 0 Å². The first-order chi connectivity index (χ1) is 10.2. The number of likely N-dealkylation sites (tertiary alicyclic amines) is 1. The Morgan fingerprint density at radius 1 is 1.43 bits per heavy atom. The molecule has 0 spiro atoms. The topological polar surface area (TPSA) is 30.3 Å². The summed E-state index contributed by atoms with van der Waals surface area (Å²) in [4.78, 5) is 7.13. The summed E-state index contributed by atoms with van der Waals surface area (Å²) in [5, 5.41) is 0. The van der Waals surface area contributed by atoms with Crippen LogP contribution in [0.5, 0.6) is 5.75 Å². The van der Waals surface area contributed by atoms with Gasteiger partial charge in [0.25, 0.3) is 0 Å². The van der Waals surface area contributed by atoms with E-state index in [2.05, 4.69) is 29.5 Å². The average molecular weight is 308 g/mol. The number of aromatic nitrogens is 2. The maximum Gasteiger partial charge on any atom is 0.146 e. The van der Waals surface area contributed by atoms with Crippen LogP contribution < -0.4 is 4.74 Å². The summed E-state index contributed by atoms with van der Waals surface area (Å²) in [6.45, 7) is 3.39. The van der Waals surface area contributed by atoms with Gasteiger partial charge in [-0.15, -0.1) is 11.6 Å². The summed E-state index contributed by atoms with van der Waals surface area (Å²) in [5.41, 5.74) is 2.05. The smallest absolute Gasteiger partial charge is 0.146 e. The molecule has 2 unspecified atom stereocenters. The molecule has 2 atom stereocenters. The molecule has 0 amide bonds. The minimum atomic E-state index is 0.429. The molecule has 1 aliphatic heterocycles. The van der Waals surface area contributed by atoms with Crippen LogP contribution in [0, 0.1) is 0 Å². The summed E-state index contributed by atoms with van der Waals surface area (Å²) in [6.07, 6.45) is 2.26. The van der Waals surface area contributed by atoms with E-state index in [1.54, 1.807) is 7.11 Å². The van der Waals surface area contributed by atoms with Crippen LogP contribution in [0.25, 0.3) is 11.0 Å². The Balaban J connectivity index is 2.08. The van der Waals surface area contributed by atoms with Crippen molar-refractivity contribution in [2.45, 2.75) is 37.7 Å². The molecular formula is C16H22ClN3O. The summed E-state index contributed by atoms with van der Waals surface area (Å²) in [7, 11) is 3.88. The van der Waals surface area contributed by atoms with Crippen LogP contribution in [0.1, 0.15) is 31.6 Å². The van der Waals surface area contributed by atoms with Gasteiger partial charge in [-0.3, -0.25) is 0 Å². The molecule has 0 radical (unpaired) electrons. The van der Waals surface area contributed by atoms with Gasteiger partial charge in [0, 0.05) is 18.6 Å². The number of piperidine rings is 1. The molecule has 3 rings (SSSR count). The Morgan fingerprint density at radius 3 is 2.90 bits per heavy atom. The quantitative estimate of drug-likeness (QED) is 0.814. The van der Waals surface area contributed by atoms with Gasteiger partial charge in [-0.25, -0.2) is 4.98 Å². The Kier molecular flexibility index (Phi) is 4.09. The van der Waals surface area contributed by atoms with Gasteiger partial charge in [-0.2, -0.15) is 0 Å². The third-order valence-corrected chi connectivity index (χ3v) is 4.88. The van der Waals surface area contributed by atoms with Gasteiger partial charge in [0.2, 0.25) is 0 Å². The standard InChI is InChI=1S/C16H22ClN3O/c1-11-9-12(7-8-19(11)2)20-13-5-4-6-14(21-3)16(13)18-15(20)10-17/h4-6,11-12H,7-10H2,1-3H3. The minimum Gasteiger partial charge on any atom is -0.494 e. The van der Waals surface area contributed by atoms with Crippen LogP contribution in [-0.2, 0) is 5.88 Å². The SMILES string of the molecule is COc1cccc2c1nc(CCl)n2C1CCN(C)C(C)C1. The Hall–Kier alpha value is -1.26. The number of alkyl halides is 1. The maximum atomic E-state index is 6.15. The molecular weight excluding hydrogens is 286 g/mol. The van der Waals surface area contributed by atoms with E-state index in [-0.39, 0.29) is 0 Å². The van der Waals surface area contributed by atoms with Gasteiger partial charge in [-0.05, 0) is 38.9 Å². The highest BCUT2D eigenvalue weighted by atomic mass is 35.5. The number of fused-ring (bicyclic) bond motifs is 1. The predicted molar refractivity (Wildman–Crippen MR) is 86.2 cm³/mol. The fourth-order valence-electron chi connectivity index (χ4n) is 3.31. The maximum absolute atomic E-state index is 6.15. The molecule has 0 N–H and O–H groups in total. The molecule has 1 saturated heterocycles. The van der Waals surface area contributed by atoms with E-state index in [4.69, 9.17) is 21.3 Å². The molecule has 21 heavy (non-hydrogen) atoms. The minimum absolute atomic E-state index is 0.429. The fraction of sp³-hybridized carbons (Fsp3) is 0.562. The number of nitrogens with zero attached hydrogens (tertiary/aromatic N) is 3. The first kappa shape index (κ1) is 14.7. The molecule has 1 aliphatic rings. The first-order valence-corrected chi connectivity index (χ1v) is 7.99. The second-order valence-electron chi connectivity index (χ2n) is 5.87. The second kappa shape index (κ2) is 5.85. The third-order valence-electron chi connectivity index (χ3n) is 4.64. The van der Waals surface area contributed by atoms with Gasteiger partial charge < -0.3 is 14.2 Å². The van der Waals surface area contributed by atoms with Crippen molar-refractivity contribution in [2.24, 2.45) is 0 Å². The Bertz CT molecular complexity index is 640. The molecule has 1 aromatic heterocycles. The van der Waals surface area contributed by atoms with Gasteiger partial charge >= 0.3 is 0 Å². The lowest BCUT2D eigenvalue weighted by Gasteiger charge is -2.36. The number of para-hydroxylation sites is 1. The van der Waals surface area contributed by atoms with Crippen LogP contribution in [0.3, 0.4) is 0 Å². The Labute approximate surface area is 130 Å². The molecule has 2 heterocycles. The summed E-state index contributed by atoms with van der Waals surface area (Å²) in [6, 6.07) is 7.13. The van der Waals surface area contributed by atoms with E-state index < -0.39 is 0 Å². The lowest BCUT2D eigenvalue weighted by Crippen LogP contribution is -2.38. The van der Waals surface area contributed by atoms with Crippen LogP contribution in [0.4, 0.5) is 0 Å². The van der Waals surface area contributed by atoms with Crippen molar-refractivity contribution in [1.29, 1.82) is 0 Å². The van der Waals surface area contributed by atoms with E-state index in [0.717, 1.165) is 42.0 Å². The van der Waals surface area contributed by atoms with E-state index in [1.807, 2.05) is 12.1 Å². The lowest BCUT2D eigenvalue weighted by molar-refractivity contribution is 0.157. The highest BCUT2D eigenvalue weighted by Gasteiger charge is 2.27. The number of imidazole rings is 1. The molecule has 4 nitrogen and oxygen atoms in total. The second-order valence-corrected chi connectivity index (χ2v) is 6.13. The number of rotatable bonds is 3. The van der Waals surface area contributed by atoms with Crippen molar-refractivity contribution >= 4 is 22.6 Å². The third kappa shape index (κ3) is 2.51. The largest absolute Gasteiger partial charge is 0.494 e. The van der Waals surface area contributed by atoms with Gasteiger partial charge in [0.15, 0.2) is 0 Å². The molecule has 0 saturated carbocycles. The highest BCUT2D eigenvalue weighted by molar-refractivity contribution is 6.16. The average Bonchev–Trinajstić information content (AvgIpc) is 2.88.